The second kappa shape index (κ2) is 7.02. The molecule has 0 aromatic heterocycles. The largest absolute Gasteiger partial charge is 0.395 e. The van der Waals surface area contributed by atoms with Crippen molar-refractivity contribution in [3.63, 3.8) is 0 Å². The van der Waals surface area contributed by atoms with E-state index in [1.165, 1.54) is 10.4 Å². The van der Waals surface area contributed by atoms with E-state index in [2.05, 4.69) is 11.8 Å². The first-order chi connectivity index (χ1) is 10.1. The summed E-state index contributed by atoms with van der Waals surface area (Å²) >= 11 is 0. The molecule has 114 valence electrons. The minimum Gasteiger partial charge on any atom is -0.395 e. The van der Waals surface area contributed by atoms with E-state index in [1.807, 2.05) is 0 Å². The summed E-state index contributed by atoms with van der Waals surface area (Å²) in [5.74, 6) is 5.44. The van der Waals surface area contributed by atoms with Crippen LogP contribution in [-0.4, -0.2) is 56.8 Å². The van der Waals surface area contributed by atoms with Crippen molar-refractivity contribution >= 4 is 10.0 Å². The van der Waals surface area contributed by atoms with Crippen LogP contribution in [0.25, 0.3) is 0 Å². The Hall–Kier alpha value is -1.43. The van der Waals surface area contributed by atoms with Crippen molar-refractivity contribution in [2.75, 3.05) is 32.9 Å². The number of sulfonamides is 1. The van der Waals surface area contributed by atoms with Gasteiger partial charge in [0.05, 0.1) is 37.3 Å². The van der Waals surface area contributed by atoms with Gasteiger partial charge in [0.1, 0.15) is 0 Å². The standard InChI is InChI=1S/C14H18N2O4S/c15-7-3-5-12-4-1-2-6-14(12)21(18,19)16-8-9-20-11-13(16)10-17/h1-2,4,6,13,17H,7-11,15H2. The Bertz CT molecular complexity index is 648. The number of benzene rings is 1. The maximum Gasteiger partial charge on any atom is 0.244 e. The lowest BCUT2D eigenvalue weighted by Crippen LogP contribution is -2.50. The first-order valence-electron chi connectivity index (χ1n) is 6.59. The van der Waals surface area contributed by atoms with E-state index in [4.69, 9.17) is 10.5 Å². The van der Waals surface area contributed by atoms with Gasteiger partial charge in [-0.25, -0.2) is 8.42 Å². The number of nitrogens with two attached hydrogens (primary N) is 1. The van der Waals surface area contributed by atoms with Crippen molar-refractivity contribution in [1.82, 2.24) is 4.31 Å². The lowest BCUT2D eigenvalue weighted by Gasteiger charge is -2.33. The van der Waals surface area contributed by atoms with Crippen LogP contribution in [0.5, 0.6) is 0 Å². The number of nitrogens with zero attached hydrogens (tertiary/aromatic N) is 1. The average molecular weight is 310 g/mol. The Morgan fingerprint density at radius 3 is 2.90 bits per heavy atom. The third-order valence-corrected chi connectivity index (χ3v) is 5.19. The molecule has 1 aliphatic heterocycles. The Kier molecular flexibility index (Phi) is 5.33. The van der Waals surface area contributed by atoms with Crippen molar-refractivity contribution in [3.8, 4) is 11.8 Å². The minimum absolute atomic E-state index is 0.131. The molecule has 2 rings (SSSR count). The van der Waals surface area contributed by atoms with Crippen LogP contribution in [0.2, 0.25) is 0 Å². The molecule has 7 heteroatoms. The van der Waals surface area contributed by atoms with Gasteiger partial charge in [0.2, 0.25) is 10.0 Å². The van der Waals surface area contributed by atoms with Crippen molar-refractivity contribution in [3.05, 3.63) is 29.8 Å². The van der Waals surface area contributed by atoms with Gasteiger partial charge in [-0.15, -0.1) is 0 Å². The second-order valence-electron chi connectivity index (χ2n) is 4.53. The number of rotatable bonds is 3. The fourth-order valence-electron chi connectivity index (χ4n) is 2.17. The predicted molar refractivity (Wildman–Crippen MR) is 78.0 cm³/mol. The van der Waals surface area contributed by atoms with Gasteiger partial charge in [-0.2, -0.15) is 4.31 Å². The molecule has 1 aliphatic rings. The Balaban J connectivity index is 2.44. The number of aliphatic hydroxyl groups is 1. The van der Waals surface area contributed by atoms with Gasteiger partial charge in [-0.05, 0) is 12.1 Å². The summed E-state index contributed by atoms with van der Waals surface area (Å²) in [4.78, 5) is 0.131. The van der Waals surface area contributed by atoms with Crippen molar-refractivity contribution in [2.45, 2.75) is 10.9 Å². The van der Waals surface area contributed by atoms with E-state index in [9.17, 15) is 13.5 Å². The third kappa shape index (κ3) is 3.43. The highest BCUT2D eigenvalue weighted by molar-refractivity contribution is 7.89. The zero-order valence-electron chi connectivity index (χ0n) is 11.5. The van der Waals surface area contributed by atoms with E-state index >= 15 is 0 Å². The SMILES string of the molecule is NCC#Cc1ccccc1S(=O)(=O)N1CCOCC1CO. The highest BCUT2D eigenvalue weighted by Crippen LogP contribution is 2.23. The maximum atomic E-state index is 12.8. The number of aliphatic hydroxyl groups excluding tert-OH is 1. The van der Waals surface area contributed by atoms with Gasteiger partial charge in [0.15, 0.2) is 0 Å². The van der Waals surface area contributed by atoms with E-state index in [-0.39, 0.29) is 31.2 Å². The Morgan fingerprint density at radius 2 is 2.19 bits per heavy atom. The zero-order valence-corrected chi connectivity index (χ0v) is 12.3. The van der Waals surface area contributed by atoms with Gasteiger partial charge >= 0.3 is 0 Å². The van der Waals surface area contributed by atoms with Gasteiger partial charge in [0.25, 0.3) is 0 Å². The fourth-order valence-corrected chi connectivity index (χ4v) is 3.90. The van der Waals surface area contributed by atoms with E-state index in [1.54, 1.807) is 18.2 Å². The van der Waals surface area contributed by atoms with Crippen LogP contribution in [0.1, 0.15) is 5.56 Å². The van der Waals surface area contributed by atoms with Crippen LogP contribution < -0.4 is 5.73 Å². The number of hydrogen-bond donors (Lipinski definition) is 2. The molecule has 0 spiro atoms. The molecule has 1 aromatic rings. The van der Waals surface area contributed by atoms with Gasteiger partial charge in [0, 0.05) is 12.1 Å². The molecule has 1 unspecified atom stereocenters. The molecule has 0 amide bonds. The first kappa shape index (κ1) is 15.9. The molecule has 1 saturated heterocycles. The van der Waals surface area contributed by atoms with Crippen molar-refractivity contribution < 1.29 is 18.3 Å². The molecular weight excluding hydrogens is 292 g/mol. The van der Waals surface area contributed by atoms with Crippen LogP contribution in [0.3, 0.4) is 0 Å². The first-order valence-corrected chi connectivity index (χ1v) is 8.03. The fraction of sp³-hybridized carbons (Fsp3) is 0.429. The molecule has 1 heterocycles. The number of ether oxygens (including phenoxy) is 1. The Labute approximate surface area is 124 Å². The summed E-state index contributed by atoms with van der Waals surface area (Å²) in [7, 11) is -3.73. The van der Waals surface area contributed by atoms with Crippen molar-refractivity contribution in [2.24, 2.45) is 5.73 Å². The Morgan fingerprint density at radius 1 is 1.43 bits per heavy atom. The zero-order chi connectivity index (χ0) is 15.3. The molecular formula is C14H18N2O4S. The topological polar surface area (TPSA) is 92.9 Å². The minimum atomic E-state index is -3.73. The lowest BCUT2D eigenvalue weighted by molar-refractivity contribution is 0.0109. The van der Waals surface area contributed by atoms with Gasteiger partial charge in [-0.1, -0.05) is 24.0 Å². The third-order valence-electron chi connectivity index (χ3n) is 3.18. The monoisotopic (exact) mass is 310 g/mol. The molecule has 1 fully saturated rings. The molecule has 0 radical (unpaired) electrons. The predicted octanol–water partition coefficient (Wildman–Crippen LogP) is -0.621. The summed E-state index contributed by atoms with van der Waals surface area (Å²) in [6.07, 6.45) is 0. The van der Waals surface area contributed by atoms with Gasteiger partial charge in [-0.3, -0.25) is 0 Å². The quantitative estimate of drug-likeness (QED) is 0.726. The molecule has 0 saturated carbocycles. The molecule has 3 N–H and O–H groups in total. The number of hydrogen-bond acceptors (Lipinski definition) is 5. The van der Waals surface area contributed by atoms with Crippen LogP contribution in [0.15, 0.2) is 29.2 Å². The van der Waals surface area contributed by atoms with E-state index in [0.717, 1.165) is 0 Å². The highest BCUT2D eigenvalue weighted by Gasteiger charge is 2.34. The summed E-state index contributed by atoms with van der Waals surface area (Å²) in [6.45, 7) is 0.589. The molecule has 1 aromatic carbocycles. The van der Waals surface area contributed by atoms with Crippen LogP contribution in [-0.2, 0) is 14.8 Å². The summed E-state index contributed by atoms with van der Waals surface area (Å²) < 4.78 is 32.1. The molecule has 6 nitrogen and oxygen atoms in total. The van der Waals surface area contributed by atoms with Crippen molar-refractivity contribution in [1.29, 1.82) is 0 Å². The second-order valence-corrected chi connectivity index (χ2v) is 6.39. The lowest BCUT2D eigenvalue weighted by atomic mass is 10.2. The molecule has 1 atom stereocenters. The summed E-state index contributed by atoms with van der Waals surface area (Å²) in [6, 6.07) is 5.96. The van der Waals surface area contributed by atoms with Crippen LogP contribution >= 0.6 is 0 Å². The maximum absolute atomic E-state index is 12.8. The smallest absolute Gasteiger partial charge is 0.244 e. The summed E-state index contributed by atoms with van der Waals surface area (Å²) in [5.41, 5.74) is 5.75. The summed E-state index contributed by atoms with van der Waals surface area (Å²) in [5, 5.41) is 9.35. The molecule has 0 aliphatic carbocycles. The van der Waals surface area contributed by atoms with Crippen LogP contribution in [0, 0.1) is 11.8 Å². The highest BCUT2D eigenvalue weighted by atomic mass is 32.2. The van der Waals surface area contributed by atoms with Gasteiger partial charge < -0.3 is 15.6 Å². The molecule has 0 bridgehead atoms. The van der Waals surface area contributed by atoms with E-state index in [0.29, 0.717) is 12.2 Å². The number of morpholine rings is 1. The normalized spacial score (nSPS) is 19.8. The van der Waals surface area contributed by atoms with E-state index < -0.39 is 16.1 Å². The van der Waals surface area contributed by atoms with Crippen LogP contribution in [0.4, 0.5) is 0 Å². The average Bonchev–Trinajstić information content (AvgIpc) is 2.53. The molecule has 21 heavy (non-hydrogen) atoms.